The van der Waals surface area contributed by atoms with Crippen molar-refractivity contribution in [1.82, 2.24) is 9.88 Å². The van der Waals surface area contributed by atoms with Gasteiger partial charge in [0.2, 0.25) is 0 Å². The standard InChI is InChI=1S/C21H21ClFN3O3S/c22-17-2-1-3-18-20(17)24-21(30-18)26(9-8-25-10-12-28-13-11-25)19(27)14-29-16-6-4-15(23)5-7-16/h1-7H,8-14H2. The van der Waals surface area contributed by atoms with Crippen molar-refractivity contribution < 1.29 is 18.7 Å². The van der Waals surface area contributed by atoms with Gasteiger partial charge in [0, 0.05) is 26.2 Å². The molecule has 0 unspecified atom stereocenters. The van der Waals surface area contributed by atoms with Crippen LogP contribution in [-0.4, -0.2) is 61.8 Å². The van der Waals surface area contributed by atoms with Crippen LogP contribution in [0, 0.1) is 5.82 Å². The number of para-hydroxylation sites is 1. The van der Waals surface area contributed by atoms with E-state index < -0.39 is 0 Å². The fourth-order valence-corrected chi connectivity index (χ4v) is 4.47. The van der Waals surface area contributed by atoms with E-state index in [0.717, 1.165) is 17.8 Å². The van der Waals surface area contributed by atoms with Crippen LogP contribution < -0.4 is 9.64 Å². The quantitative estimate of drug-likeness (QED) is 0.548. The van der Waals surface area contributed by atoms with Crippen molar-refractivity contribution in [3.05, 3.63) is 53.3 Å². The summed E-state index contributed by atoms with van der Waals surface area (Å²) in [4.78, 5) is 21.5. The van der Waals surface area contributed by atoms with Crippen LogP contribution in [0.25, 0.3) is 10.2 Å². The Balaban J connectivity index is 1.51. The average molecular weight is 450 g/mol. The number of ether oxygens (including phenoxy) is 2. The Morgan fingerprint density at radius 1 is 1.23 bits per heavy atom. The summed E-state index contributed by atoms with van der Waals surface area (Å²) in [6.07, 6.45) is 0. The average Bonchev–Trinajstić information content (AvgIpc) is 3.19. The van der Waals surface area contributed by atoms with Gasteiger partial charge >= 0.3 is 0 Å². The molecule has 0 spiro atoms. The van der Waals surface area contributed by atoms with E-state index in [2.05, 4.69) is 9.88 Å². The molecule has 158 valence electrons. The minimum atomic E-state index is -0.354. The molecule has 0 aliphatic carbocycles. The first-order valence-electron chi connectivity index (χ1n) is 9.64. The lowest BCUT2D eigenvalue weighted by Gasteiger charge is -2.29. The maximum atomic E-state index is 13.1. The lowest BCUT2D eigenvalue weighted by atomic mass is 10.3. The molecule has 0 saturated carbocycles. The van der Waals surface area contributed by atoms with Crippen LogP contribution in [0.15, 0.2) is 42.5 Å². The van der Waals surface area contributed by atoms with Crippen LogP contribution in [0.1, 0.15) is 0 Å². The zero-order chi connectivity index (χ0) is 20.9. The Hall–Kier alpha value is -2.26. The molecule has 0 radical (unpaired) electrons. The van der Waals surface area contributed by atoms with Crippen molar-refractivity contribution in [2.75, 3.05) is 50.9 Å². The first-order valence-corrected chi connectivity index (χ1v) is 10.8. The first-order chi connectivity index (χ1) is 14.6. The molecule has 30 heavy (non-hydrogen) atoms. The molecular weight excluding hydrogens is 429 g/mol. The second-order valence-corrected chi connectivity index (χ2v) is 8.24. The van der Waals surface area contributed by atoms with E-state index >= 15 is 0 Å². The third kappa shape index (κ3) is 5.07. The Bertz CT molecular complexity index is 1010. The normalized spacial score (nSPS) is 14.7. The van der Waals surface area contributed by atoms with Gasteiger partial charge in [0.05, 0.1) is 22.9 Å². The highest BCUT2D eigenvalue weighted by atomic mass is 35.5. The summed E-state index contributed by atoms with van der Waals surface area (Å²) in [5.74, 6) is -0.139. The molecule has 0 atom stereocenters. The van der Waals surface area contributed by atoms with Gasteiger partial charge in [0.25, 0.3) is 5.91 Å². The van der Waals surface area contributed by atoms with Gasteiger partial charge < -0.3 is 9.47 Å². The number of hydrogen-bond acceptors (Lipinski definition) is 6. The molecule has 1 saturated heterocycles. The van der Waals surface area contributed by atoms with Crippen molar-refractivity contribution in [3.63, 3.8) is 0 Å². The number of aromatic nitrogens is 1. The monoisotopic (exact) mass is 449 g/mol. The second kappa shape index (κ2) is 9.70. The van der Waals surface area contributed by atoms with Crippen molar-refractivity contribution in [2.24, 2.45) is 0 Å². The van der Waals surface area contributed by atoms with Gasteiger partial charge in [-0.1, -0.05) is 29.0 Å². The van der Waals surface area contributed by atoms with Crippen LogP contribution >= 0.6 is 22.9 Å². The number of halogens is 2. The van der Waals surface area contributed by atoms with Gasteiger partial charge in [-0.25, -0.2) is 9.37 Å². The number of fused-ring (bicyclic) bond motifs is 1. The number of hydrogen-bond donors (Lipinski definition) is 0. The molecular formula is C21H21ClFN3O3S. The van der Waals surface area contributed by atoms with Gasteiger partial charge in [-0.2, -0.15) is 0 Å². The lowest BCUT2D eigenvalue weighted by Crippen LogP contribution is -2.44. The van der Waals surface area contributed by atoms with Gasteiger partial charge in [0.15, 0.2) is 11.7 Å². The van der Waals surface area contributed by atoms with Crippen molar-refractivity contribution in [3.8, 4) is 5.75 Å². The molecule has 0 bridgehead atoms. The highest BCUT2D eigenvalue weighted by molar-refractivity contribution is 7.22. The summed E-state index contributed by atoms with van der Waals surface area (Å²) in [7, 11) is 0. The van der Waals surface area contributed by atoms with E-state index in [-0.39, 0.29) is 18.3 Å². The highest BCUT2D eigenvalue weighted by Gasteiger charge is 2.22. The summed E-state index contributed by atoms with van der Waals surface area (Å²) in [5, 5.41) is 1.14. The number of nitrogens with zero attached hydrogens (tertiary/aromatic N) is 3. The number of carbonyl (C=O) groups excluding carboxylic acids is 1. The van der Waals surface area contributed by atoms with E-state index in [0.29, 0.717) is 47.7 Å². The Morgan fingerprint density at radius 3 is 2.73 bits per heavy atom. The van der Waals surface area contributed by atoms with E-state index in [9.17, 15) is 9.18 Å². The number of carbonyl (C=O) groups is 1. The zero-order valence-electron chi connectivity index (χ0n) is 16.2. The predicted molar refractivity (Wildman–Crippen MR) is 116 cm³/mol. The molecule has 1 fully saturated rings. The molecule has 1 aliphatic rings. The maximum absolute atomic E-state index is 13.1. The molecule has 1 aliphatic heterocycles. The largest absolute Gasteiger partial charge is 0.484 e. The van der Waals surface area contributed by atoms with E-state index in [4.69, 9.17) is 21.1 Å². The summed E-state index contributed by atoms with van der Waals surface area (Å²) in [6, 6.07) is 11.2. The Labute approximate surface area is 182 Å². The molecule has 0 N–H and O–H groups in total. The third-order valence-corrected chi connectivity index (χ3v) is 6.16. The fourth-order valence-electron chi connectivity index (χ4n) is 3.17. The number of thiazole rings is 1. The molecule has 2 heterocycles. The maximum Gasteiger partial charge on any atom is 0.266 e. The van der Waals surface area contributed by atoms with E-state index in [1.54, 1.807) is 11.0 Å². The van der Waals surface area contributed by atoms with Crippen LogP contribution in [0.5, 0.6) is 5.75 Å². The van der Waals surface area contributed by atoms with Gasteiger partial charge in [-0.15, -0.1) is 0 Å². The van der Waals surface area contributed by atoms with E-state index in [1.807, 2.05) is 12.1 Å². The Kier molecular flexibility index (Phi) is 6.79. The SMILES string of the molecule is O=C(COc1ccc(F)cc1)N(CCN1CCOCC1)c1nc2c(Cl)cccc2s1. The van der Waals surface area contributed by atoms with Crippen molar-refractivity contribution in [2.45, 2.75) is 0 Å². The summed E-state index contributed by atoms with van der Waals surface area (Å²) in [5.41, 5.74) is 0.683. The van der Waals surface area contributed by atoms with E-state index in [1.165, 1.54) is 35.6 Å². The highest BCUT2D eigenvalue weighted by Crippen LogP contribution is 2.33. The molecule has 1 amide bonds. The molecule has 6 nitrogen and oxygen atoms in total. The molecule has 2 aromatic carbocycles. The van der Waals surface area contributed by atoms with Crippen LogP contribution in [0.3, 0.4) is 0 Å². The van der Waals surface area contributed by atoms with Crippen molar-refractivity contribution in [1.29, 1.82) is 0 Å². The minimum absolute atomic E-state index is 0.168. The molecule has 9 heteroatoms. The van der Waals surface area contributed by atoms with Gasteiger partial charge in [-0.05, 0) is 36.4 Å². The molecule has 3 aromatic rings. The third-order valence-electron chi connectivity index (χ3n) is 4.81. The number of rotatable bonds is 7. The summed E-state index contributed by atoms with van der Waals surface area (Å²) in [6.45, 7) is 4.06. The summed E-state index contributed by atoms with van der Waals surface area (Å²) >= 11 is 7.69. The first kappa shape index (κ1) is 21.0. The van der Waals surface area contributed by atoms with Crippen LogP contribution in [0.2, 0.25) is 5.02 Å². The van der Waals surface area contributed by atoms with Crippen LogP contribution in [-0.2, 0) is 9.53 Å². The van der Waals surface area contributed by atoms with Crippen LogP contribution in [0.4, 0.5) is 9.52 Å². The molecule has 1 aromatic heterocycles. The second-order valence-electron chi connectivity index (χ2n) is 6.83. The topological polar surface area (TPSA) is 54.9 Å². The number of morpholine rings is 1. The Morgan fingerprint density at radius 2 is 2.00 bits per heavy atom. The molecule has 4 rings (SSSR count). The smallest absolute Gasteiger partial charge is 0.266 e. The zero-order valence-corrected chi connectivity index (χ0v) is 17.8. The van der Waals surface area contributed by atoms with Crippen molar-refractivity contribution >= 4 is 44.2 Å². The number of amides is 1. The van der Waals surface area contributed by atoms with Gasteiger partial charge in [-0.3, -0.25) is 14.6 Å². The lowest BCUT2D eigenvalue weighted by molar-refractivity contribution is -0.120. The minimum Gasteiger partial charge on any atom is -0.484 e. The predicted octanol–water partition coefficient (Wildman–Crippen LogP) is 3.83. The summed E-state index contributed by atoms with van der Waals surface area (Å²) < 4.78 is 25.0. The number of anilines is 1. The number of benzene rings is 2. The fraction of sp³-hybridized carbons (Fsp3) is 0.333. The van der Waals surface area contributed by atoms with Gasteiger partial charge in [0.1, 0.15) is 17.1 Å².